The Kier molecular flexibility index (Phi) is 4.36. The lowest BCUT2D eigenvalue weighted by Crippen LogP contribution is -2.52. The van der Waals surface area contributed by atoms with Crippen LogP contribution in [0.25, 0.3) is 0 Å². The second-order valence-corrected chi connectivity index (χ2v) is 8.97. The molecule has 1 saturated heterocycles. The number of carbonyl (C=O) groups excluding carboxylic acids is 1. The van der Waals surface area contributed by atoms with E-state index in [1.807, 2.05) is 37.3 Å². The van der Waals surface area contributed by atoms with Gasteiger partial charge in [-0.3, -0.25) is 9.79 Å². The molecule has 0 atom stereocenters. The monoisotopic (exact) mass is 383 g/mol. The van der Waals surface area contributed by atoms with Crippen LogP contribution in [-0.2, 0) is 14.8 Å². The number of aryl methyl sites for hydroxylation is 1. The average Bonchev–Trinajstić information content (AvgIpc) is 2.99. The summed E-state index contributed by atoms with van der Waals surface area (Å²) in [5.41, 5.74) is 1.51. The van der Waals surface area contributed by atoms with Gasteiger partial charge in [-0.25, -0.2) is 8.42 Å². The average molecular weight is 383 g/mol. The van der Waals surface area contributed by atoms with Gasteiger partial charge in [0.25, 0.3) is 5.91 Å². The normalized spacial score (nSPS) is 19.7. The molecule has 0 saturated carbocycles. The van der Waals surface area contributed by atoms with Crippen LogP contribution in [0, 0.1) is 6.92 Å². The van der Waals surface area contributed by atoms with Crippen molar-refractivity contribution in [2.45, 2.75) is 30.3 Å². The molecule has 0 aliphatic carbocycles. The van der Waals surface area contributed by atoms with Crippen LogP contribution in [0.1, 0.15) is 24.0 Å². The van der Waals surface area contributed by atoms with Gasteiger partial charge in [0.15, 0.2) is 0 Å². The second kappa shape index (κ2) is 6.58. The van der Waals surface area contributed by atoms with E-state index in [0.29, 0.717) is 36.5 Å². The lowest BCUT2D eigenvalue weighted by atomic mass is 10.00. The summed E-state index contributed by atoms with van der Waals surface area (Å²) in [5, 5.41) is 2.97. The minimum absolute atomic E-state index is 0.198. The molecule has 27 heavy (non-hydrogen) atoms. The molecule has 0 bridgehead atoms. The lowest BCUT2D eigenvalue weighted by molar-refractivity contribution is -0.115. The largest absolute Gasteiger partial charge is 0.326 e. The molecule has 0 aromatic heterocycles. The van der Waals surface area contributed by atoms with Crippen molar-refractivity contribution in [3.05, 3.63) is 65.7 Å². The molecule has 2 aromatic rings. The van der Waals surface area contributed by atoms with E-state index < -0.39 is 15.7 Å². The Hall–Kier alpha value is -2.51. The number of nitrogens with one attached hydrogen (secondary N) is 1. The van der Waals surface area contributed by atoms with Crippen molar-refractivity contribution in [3.8, 4) is 0 Å². The molecule has 1 N–H and O–H groups in total. The van der Waals surface area contributed by atoms with Crippen molar-refractivity contribution in [1.29, 1.82) is 0 Å². The first kappa shape index (κ1) is 17.9. The Morgan fingerprint density at radius 2 is 1.63 bits per heavy atom. The Balaban J connectivity index is 1.53. The summed E-state index contributed by atoms with van der Waals surface area (Å²) in [5.74, 6) is -0.198. The van der Waals surface area contributed by atoms with Crippen molar-refractivity contribution < 1.29 is 13.2 Å². The zero-order valence-electron chi connectivity index (χ0n) is 15.1. The summed E-state index contributed by atoms with van der Waals surface area (Å²) in [6.45, 7) is 2.57. The minimum atomic E-state index is -3.53. The van der Waals surface area contributed by atoms with E-state index in [1.54, 1.807) is 24.3 Å². The maximum Gasteiger partial charge on any atom is 0.272 e. The highest BCUT2D eigenvalue weighted by atomic mass is 32.2. The number of rotatable bonds is 3. The molecule has 1 amide bonds. The van der Waals surface area contributed by atoms with Crippen LogP contribution >= 0.6 is 0 Å². The van der Waals surface area contributed by atoms with Gasteiger partial charge in [-0.05, 0) is 19.1 Å². The zero-order chi connectivity index (χ0) is 19.1. The molecule has 2 aromatic carbocycles. The topological polar surface area (TPSA) is 78.8 Å². The van der Waals surface area contributed by atoms with E-state index in [1.165, 1.54) is 4.31 Å². The third-order valence-electron chi connectivity index (χ3n) is 5.14. The molecule has 0 unspecified atom stereocenters. The van der Waals surface area contributed by atoms with Crippen molar-refractivity contribution in [3.63, 3.8) is 0 Å². The van der Waals surface area contributed by atoms with E-state index in [0.717, 1.165) is 11.1 Å². The molecule has 1 spiro atoms. The van der Waals surface area contributed by atoms with Crippen LogP contribution in [0.15, 0.2) is 64.5 Å². The van der Waals surface area contributed by atoms with Gasteiger partial charge in [0.2, 0.25) is 10.0 Å². The summed E-state index contributed by atoms with van der Waals surface area (Å²) >= 11 is 0. The highest BCUT2D eigenvalue weighted by Crippen LogP contribution is 2.31. The van der Waals surface area contributed by atoms with Gasteiger partial charge >= 0.3 is 0 Å². The van der Waals surface area contributed by atoms with Crippen molar-refractivity contribution in [1.82, 2.24) is 9.62 Å². The van der Waals surface area contributed by atoms with Crippen LogP contribution < -0.4 is 5.32 Å². The Bertz CT molecular complexity index is 991. The predicted molar refractivity (Wildman–Crippen MR) is 103 cm³/mol. The first-order valence-corrected chi connectivity index (χ1v) is 10.4. The maximum atomic E-state index is 12.9. The number of hydrogen-bond acceptors (Lipinski definition) is 4. The van der Waals surface area contributed by atoms with Gasteiger partial charge in [-0.2, -0.15) is 4.31 Å². The summed E-state index contributed by atoms with van der Waals surface area (Å²) in [6.07, 6.45) is 0.917. The van der Waals surface area contributed by atoms with Gasteiger partial charge in [-0.15, -0.1) is 0 Å². The zero-order valence-corrected chi connectivity index (χ0v) is 15.9. The quantitative estimate of drug-likeness (QED) is 0.882. The van der Waals surface area contributed by atoms with Gasteiger partial charge in [-0.1, -0.05) is 48.0 Å². The maximum absolute atomic E-state index is 12.9. The van der Waals surface area contributed by atoms with E-state index in [4.69, 9.17) is 0 Å². The number of aliphatic imine (C=N–C) groups is 1. The molecule has 140 valence electrons. The van der Waals surface area contributed by atoms with E-state index in [9.17, 15) is 13.2 Å². The van der Waals surface area contributed by atoms with Crippen molar-refractivity contribution in [2.24, 2.45) is 4.99 Å². The van der Waals surface area contributed by atoms with Crippen LogP contribution in [0.3, 0.4) is 0 Å². The Morgan fingerprint density at radius 1 is 1.00 bits per heavy atom. The standard InChI is InChI=1S/C20H21N3O3S/c1-15-7-9-17(10-8-15)27(25,26)23-13-11-20(12-14-23)21-18(19(24)22-20)16-5-3-2-4-6-16/h2-10H,11-14H2,1H3,(H,22,24). The van der Waals surface area contributed by atoms with E-state index in [2.05, 4.69) is 10.3 Å². The number of hydrogen-bond donors (Lipinski definition) is 1. The molecule has 2 aliphatic heterocycles. The molecular formula is C20H21N3O3S. The fraction of sp³-hybridized carbons (Fsp3) is 0.300. The number of amides is 1. The number of carbonyl (C=O) groups is 1. The molecule has 7 heteroatoms. The summed E-state index contributed by atoms with van der Waals surface area (Å²) < 4.78 is 27.2. The van der Waals surface area contributed by atoms with Crippen molar-refractivity contribution in [2.75, 3.05) is 13.1 Å². The molecule has 4 rings (SSSR count). The number of benzene rings is 2. The van der Waals surface area contributed by atoms with Crippen molar-refractivity contribution >= 4 is 21.6 Å². The van der Waals surface area contributed by atoms with Crippen LogP contribution in [-0.4, -0.2) is 43.1 Å². The van der Waals surface area contributed by atoms with E-state index in [-0.39, 0.29) is 5.91 Å². The Labute approximate surface area is 159 Å². The van der Waals surface area contributed by atoms with Crippen LogP contribution in [0.2, 0.25) is 0 Å². The molecule has 2 aliphatic rings. The molecular weight excluding hydrogens is 362 g/mol. The molecule has 2 heterocycles. The minimum Gasteiger partial charge on any atom is -0.326 e. The first-order valence-electron chi connectivity index (χ1n) is 8.94. The van der Waals surface area contributed by atoms with Crippen LogP contribution in [0.5, 0.6) is 0 Å². The van der Waals surface area contributed by atoms with Gasteiger partial charge in [0.1, 0.15) is 11.4 Å². The number of nitrogens with zero attached hydrogens (tertiary/aromatic N) is 2. The van der Waals surface area contributed by atoms with Crippen LogP contribution in [0.4, 0.5) is 0 Å². The van der Waals surface area contributed by atoms with E-state index >= 15 is 0 Å². The third kappa shape index (κ3) is 3.28. The summed E-state index contributed by atoms with van der Waals surface area (Å²) in [7, 11) is -3.53. The molecule has 0 radical (unpaired) electrons. The summed E-state index contributed by atoms with van der Waals surface area (Å²) in [4.78, 5) is 17.4. The molecule has 1 fully saturated rings. The highest BCUT2D eigenvalue weighted by molar-refractivity contribution is 7.89. The smallest absolute Gasteiger partial charge is 0.272 e. The lowest BCUT2D eigenvalue weighted by Gasteiger charge is -2.36. The first-order chi connectivity index (χ1) is 12.9. The summed E-state index contributed by atoms with van der Waals surface area (Å²) in [6, 6.07) is 16.2. The highest BCUT2D eigenvalue weighted by Gasteiger charge is 2.44. The van der Waals surface area contributed by atoms with Gasteiger partial charge < -0.3 is 5.32 Å². The van der Waals surface area contributed by atoms with Gasteiger partial charge in [0.05, 0.1) is 4.90 Å². The van der Waals surface area contributed by atoms with Gasteiger partial charge in [0, 0.05) is 31.5 Å². The number of piperidine rings is 1. The Morgan fingerprint density at radius 3 is 2.26 bits per heavy atom. The fourth-order valence-electron chi connectivity index (χ4n) is 3.55. The molecule has 6 nitrogen and oxygen atoms in total. The predicted octanol–water partition coefficient (Wildman–Crippen LogP) is 2.09. The SMILES string of the molecule is Cc1ccc(S(=O)(=O)N2CCC3(CC2)N=C(c2ccccc2)C(=O)N3)cc1. The second-order valence-electron chi connectivity index (χ2n) is 7.03. The fourth-order valence-corrected chi connectivity index (χ4v) is 4.99. The third-order valence-corrected chi connectivity index (χ3v) is 7.06. The number of sulfonamides is 1.